The molecular weight excluding hydrogens is 334 g/mol. The predicted octanol–water partition coefficient (Wildman–Crippen LogP) is 5.05. The van der Waals surface area contributed by atoms with Crippen LogP contribution >= 0.6 is 0 Å². The number of benzene rings is 2. The highest BCUT2D eigenvalue weighted by Gasteiger charge is 2.33. The van der Waals surface area contributed by atoms with Gasteiger partial charge in [0.05, 0.1) is 6.04 Å². The maximum atomic E-state index is 13.3. The molecule has 4 heteroatoms. The van der Waals surface area contributed by atoms with Crippen LogP contribution in [0, 0.1) is 20.8 Å². The molecule has 27 heavy (non-hydrogen) atoms. The molecule has 2 heterocycles. The number of hydrogen-bond donors (Lipinski definition) is 1. The molecule has 4 rings (SSSR count). The van der Waals surface area contributed by atoms with E-state index >= 15 is 0 Å². The fraction of sp³-hybridized carbons (Fsp3) is 0.261. The number of rotatable bonds is 2. The van der Waals surface area contributed by atoms with E-state index in [1.165, 1.54) is 16.7 Å². The Labute approximate surface area is 160 Å². The SMILES string of the molecule is Cc1ccccc1[C@@H]1c2cccn2CCN1C(=O)Nc1cccc(C)c1C. The minimum absolute atomic E-state index is 0.0515. The molecule has 2 aromatic carbocycles. The Morgan fingerprint density at radius 2 is 1.70 bits per heavy atom. The molecule has 0 saturated carbocycles. The monoisotopic (exact) mass is 359 g/mol. The highest BCUT2D eigenvalue weighted by Crippen LogP contribution is 2.34. The third-order valence-electron chi connectivity index (χ3n) is 5.63. The van der Waals surface area contributed by atoms with Crippen molar-refractivity contribution in [1.82, 2.24) is 9.47 Å². The molecule has 1 atom stereocenters. The topological polar surface area (TPSA) is 37.3 Å². The lowest BCUT2D eigenvalue weighted by atomic mass is 9.96. The Morgan fingerprint density at radius 1 is 0.926 bits per heavy atom. The molecule has 1 aliphatic heterocycles. The molecule has 0 unspecified atom stereocenters. The van der Waals surface area contributed by atoms with Crippen LogP contribution in [0.2, 0.25) is 0 Å². The molecule has 0 spiro atoms. The lowest BCUT2D eigenvalue weighted by Crippen LogP contribution is -2.44. The minimum atomic E-state index is -0.0833. The van der Waals surface area contributed by atoms with Gasteiger partial charge in [0.2, 0.25) is 0 Å². The predicted molar refractivity (Wildman–Crippen MR) is 109 cm³/mol. The molecule has 1 aliphatic rings. The number of fused-ring (bicyclic) bond motifs is 1. The van der Waals surface area contributed by atoms with E-state index in [9.17, 15) is 4.79 Å². The lowest BCUT2D eigenvalue weighted by Gasteiger charge is -2.38. The van der Waals surface area contributed by atoms with Crippen LogP contribution in [0.4, 0.5) is 10.5 Å². The smallest absolute Gasteiger partial charge is 0.322 e. The number of aryl methyl sites for hydroxylation is 2. The molecular formula is C23H25N3O. The van der Waals surface area contributed by atoms with Gasteiger partial charge in [0.1, 0.15) is 0 Å². The highest BCUT2D eigenvalue weighted by atomic mass is 16.2. The van der Waals surface area contributed by atoms with Crippen LogP contribution in [0.15, 0.2) is 60.8 Å². The molecule has 138 valence electrons. The zero-order valence-corrected chi connectivity index (χ0v) is 16.1. The number of amides is 2. The number of carbonyl (C=O) groups excluding carboxylic acids is 1. The van der Waals surface area contributed by atoms with Gasteiger partial charge in [-0.15, -0.1) is 0 Å². The summed E-state index contributed by atoms with van der Waals surface area (Å²) in [6.07, 6.45) is 2.10. The summed E-state index contributed by atoms with van der Waals surface area (Å²) in [5.41, 5.74) is 6.69. The zero-order chi connectivity index (χ0) is 19.0. The standard InChI is InChI=1S/C23H25N3O/c1-16-9-6-11-20(18(16)3)24-23(27)26-15-14-25-13-7-12-21(25)22(26)19-10-5-4-8-17(19)2/h4-13,22H,14-15H2,1-3H3,(H,24,27)/t22-/m1/s1. The Hall–Kier alpha value is -3.01. The van der Waals surface area contributed by atoms with E-state index in [0.29, 0.717) is 6.54 Å². The molecule has 1 aromatic heterocycles. The summed E-state index contributed by atoms with van der Waals surface area (Å²) in [7, 11) is 0. The summed E-state index contributed by atoms with van der Waals surface area (Å²) in [5, 5.41) is 3.14. The summed E-state index contributed by atoms with van der Waals surface area (Å²) in [4.78, 5) is 15.2. The largest absolute Gasteiger partial charge is 0.348 e. The van der Waals surface area contributed by atoms with Crippen LogP contribution in [0.25, 0.3) is 0 Å². The first kappa shape index (κ1) is 17.4. The van der Waals surface area contributed by atoms with Gasteiger partial charge in [-0.2, -0.15) is 0 Å². The van der Waals surface area contributed by atoms with E-state index in [1.807, 2.05) is 36.1 Å². The van der Waals surface area contributed by atoms with Crippen molar-refractivity contribution >= 4 is 11.7 Å². The van der Waals surface area contributed by atoms with Gasteiger partial charge in [-0.25, -0.2) is 4.79 Å². The molecule has 2 amide bonds. The lowest BCUT2D eigenvalue weighted by molar-refractivity contribution is 0.181. The summed E-state index contributed by atoms with van der Waals surface area (Å²) in [6.45, 7) is 7.71. The maximum absolute atomic E-state index is 13.3. The van der Waals surface area contributed by atoms with Crippen LogP contribution in [-0.4, -0.2) is 22.0 Å². The summed E-state index contributed by atoms with van der Waals surface area (Å²) in [6, 6.07) is 18.4. The third-order valence-corrected chi connectivity index (χ3v) is 5.63. The second kappa shape index (κ2) is 6.95. The first-order chi connectivity index (χ1) is 13.1. The fourth-order valence-electron chi connectivity index (χ4n) is 3.90. The van der Waals surface area contributed by atoms with E-state index in [4.69, 9.17) is 0 Å². The summed E-state index contributed by atoms with van der Waals surface area (Å²) in [5.74, 6) is 0. The van der Waals surface area contributed by atoms with Gasteiger partial charge in [-0.05, 0) is 61.2 Å². The fourth-order valence-corrected chi connectivity index (χ4v) is 3.90. The van der Waals surface area contributed by atoms with Gasteiger partial charge in [-0.1, -0.05) is 36.4 Å². The van der Waals surface area contributed by atoms with Crippen molar-refractivity contribution in [2.45, 2.75) is 33.4 Å². The van der Waals surface area contributed by atoms with Crippen LogP contribution in [0.5, 0.6) is 0 Å². The van der Waals surface area contributed by atoms with Gasteiger partial charge >= 0.3 is 6.03 Å². The van der Waals surface area contributed by atoms with Gasteiger partial charge in [-0.3, -0.25) is 0 Å². The molecule has 0 radical (unpaired) electrons. The van der Waals surface area contributed by atoms with Crippen molar-refractivity contribution in [3.8, 4) is 0 Å². The Kier molecular flexibility index (Phi) is 4.48. The summed E-state index contributed by atoms with van der Waals surface area (Å²) < 4.78 is 2.25. The van der Waals surface area contributed by atoms with Crippen molar-refractivity contribution in [1.29, 1.82) is 0 Å². The van der Waals surface area contributed by atoms with Crippen LogP contribution in [0.1, 0.15) is 34.0 Å². The highest BCUT2D eigenvalue weighted by molar-refractivity contribution is 5.91. The number of hydrogen-bond acceptors (Lipinski definition) is 1. The number of anilines is 1. The second-order valence-corrected chi connectivity index (χ2v) is 7.26. The van der Waals surface area contributed by atoms with Crippen molar-refractivity contribution in [2.24, 2.45) is 0 Å². The average Bonchev–Trinajstić information content (AvgIpc) is 3.14. The molecule has 1 N–H and O–H groups in total. The quantitative estimate of drug-likeness (QED) is 0.683. The number of carbonyl (C=O) groups is 1. The molecule has 0 bridgehead atoms. The van der Waals surface area contributed by atoms with Gasteiger partial charge in [0, 0.05) is 30.7 Å². The molecule has 0 saturated heterocycles. The van der Waals surface area contributed by atoms with Crippen LogP contribution in [0.3, 0.4) is 0 Å². The minimum Gasteiger partial charge on any atom is -0.348 e. The van der Waals surface area contributed by atoms with Crippen molar-refractivity contribution in [2.75, 3.05) is 11.9 Å². The van der Waals surface area contributed by atoms with Crippen LogP contribution < -0.4 is 5.32 Å². The second-order valence-electron chi connectivity index (χ2n) is 7.26. The van der Waals surface area contributed by atoms with Crippen molar-refractivity contribution < 1.29 is 4.79 Å². The Morgan fingerprint density at radius 3 is 2.52 bits per heavy atom. The molecule has 0 aliphatic carbocycles. The Balaban J connectivity index is 1.71. The number of aromatic nitrogens is 1. The number of urea groups is 1. The first-order valence-corrected chi connectivity index (χ1v) is 9.40. The molecule has 3 aromatic rings. The Bertz CT molecular complexity index is 989. The molecule has 0 fully saturated rings. The third kappa shape index (κ3) is 3.12. The van der Waals surface area contributed by atoms with E-state index in [1.54, 1.807) is 0 Å². The van der Waals surface area contributed by atoms with Gasteiger partial charge < -0.3 is 14.8 Å². The number of nitrogens with one attached hydrogen (secondary N) is 1. The summed E-state index contributed by atoms with van der Waals surface area (Å²) >= 11 is 0. The van der Waals surface area contributed by atoms with Crippen molar-refractivity contribution in [3.63, 3.8) is 0 Å². The van der Waals surface area contributed by atoms with E-state index < -0.39 is 0 Å². The normalized spacial score (nSPS) is 16.1. The number of nitrogens with zero attached hydrogens (tertiary/aromatic N) is 2. The zero-order valence-electron chi connectivity index (χ0n) is 16.1. The first-order valence-electron chi connectivity index (χ1n) is 9.40. The molecule has 4 nitrogen and oxygen atoms in total. The van der Waals surface area contributed by atoms with E-state index in [0.717, 1.165) is 23.5 Å². The average molecular weight is 359 g/mol. The van der Waals surface area contributed by atoms with E-state index in [-0.39, 0.29) is 12.1 Å². The van der Waals surface area contributed by atoms with Crippen molar-refractivity contribution in [3.05, 3.63) is 88.7 Å². The van der Waals surface area contributed by atoms with Gasteiger partial charge in [0.25, 0.3) is 0 Å². The van der Waals surface area contributed by atoms with E-state index in [2.05, 4.69) is 60.3 Å². The maximum Gasteiger partial charge on any atom is 0.322 e. The van der Waals surface area contributed by atoms with Crippen LogP contribution in [-0.2, 0) is 6.54 Å². The van der Waals surface area contributed by atoms with Gasteiger partial charge in [0.15, 0.2) is 0 Å².